The number of carbonyl (C=O) groups is 1. The Balaban J connectivity index is 2.03. The van der Waals surface area contributed by atoms with Crippen LogP contribution in [-0.2, 0) is 4.79 Å². The molecule has 1 fully saturated rings. The van der Waals surface area contributed by atoms with Crippen molar-refractivity contribution in [2.75, 3.05) is 20.2 Å². The van der Waals surface area contributed by atoms with Gasteiger partial charge in [-0.3, -0.25) is 14.7 Å². The van der Waals surface area contributed by atoms with E-state index in [9.17, 15) is 9.90 Å². The average molecular weight is 340 g/mol. The summed E-state index contributed by atoms with van der Waals surface area (Å²) in [5.74, 6) is -0.217. The van der Waals surface area contributed by atoms with Gasteiger partial charge in [-0.2, -0.15) is 0 Å². The minimum atomic E-state index is -0.708. The Morgan fingerprint density at radius 2 is 2.24 bits per heavy atom. The molecule has 132 valence electrons. The first-order valence-corrected chi connectivity index (χ1v) is 8.61. The summed E-state index contributed by atoms with van der Waals surface area (Å²) in [7, 11) is 1.66. The number of nitrogens with zero attached hydrogens (tertiary/aromatic N) is 2. The first-order valence-electron chi connectivity index (χ1n) is 8.61. The Kier molecular flexibility index (Phi) is 5.34. The van der Waals surface area contributed by atoms with Crippen LogP contribution >= 0.6 is 0 Å². The minimum Gasteiger partial charge on any atom is -0.497 e. The molecule has 2 heterocycles. The van der Waals surface area contributed by atoms with E-state index in [1.807, 2.05) is 37.4 Å². The molecule has 0 saturated carbocycles. The summed E-state index contributed by atoms with van der Waals surface area (Å²) in [6.07, 6.45) is 5.29. The molecule has 0 aliphatic carbocycles. The number of aryl methyl sites for hydroxylation is 1. The number of methoxy groups -OCH3 is 1. The molecule has 1 N–H and O–H groups in total. The van der Waals surface area contributed by atoms with E-state index in [4.69, 9.17) is 4.74 Å². The minimum absolute atomic E-state index is 0.000231. The predicted octanol–water partition coefficient (Wildman–Crippen LogP) is 3.28. The van der Waals surface area contributed by atoms with Crippen molar-refractivity contribution < 1.29 is 14.6 Å². The lowest BCUT2D eigenvalue weighted by molar-refractivity contribution is -0.143. The predicted molar refractivity (Wildman–Crippen MR) is 95.7 cm³/mol. The van der Waals surface area contributed by atoms with Gasteiger partial charge in [-0.15, -0.1) is 0 Å². The van der Waals surface area contributed by atoms with E-state index in [1.54, 1.807) is 13.3 Å². The number of carboxylic acids is 1. The lowest BCUT2D eigenvalue weighted by atomic mass is 9.90. The Bertz CT molecular complexity index is 747. The molecule has 3 rings (SSSR count). The molecule has 2 aromatic rings. The molecule has 5 heteroatoms. The zero-order valence-corrected chi connectivity index (χ0v) is 14.7. The average Bonchev–Trinajstić information content (AvgIpc) is 2.64. The quantitative estimate of drug-likeness (QED) is 0.905. The number of aliphatic carboxylic acids is 1. The molecule has 1 aromatic carbocycles. The molecule has 1 saturated heterocycles. The van der Waals surface area contributed by atoms with Crippen LogP contribution < -0.4 is 4.74 Å². The topological polar surface area (TPSA) is 62.7 Å². The second kappa shape index (κ2) is 7.66. The molecule has 0 amide bonds. The van der Waals surface area contributed by atoms with Crippen LogP contribution in [-0.4, -0.2) is 41.2 Å². The molecule has 0 spiro atoms. The number of benzene rings is 1. The number of aromatic nitrogens is 1. The van der Waals surface area contributed by atoms with Crippen LogP contribution in [0.15, 0.2) is 42.7 Å². The Hall–Kier alpha value is -2.40. The third kappa shape index (κ3) is 3.82. The molecular formula is C20H24N2O3. The molecule has 0 bridgehead atoms. The second-order valence-corrected chi connectivity index (χ2v) is 6.58. The van der Waals surface area contributed by atoms with Gasteiger partial charge in [-0.1, -0.05) is 12.1 Å². The maximum absolute atomic E-state index is 11.5. The lowest BCUT2D eigenvalue weighted by Gasteiger charge is -2.38. The van der Waals surface area contributed by atoms with Crippen molar-refractivity contribution >= 4 is 5.97 Å². The van der Waals surface area contributed by atoms with Crippen LogP contribution in [0, 0.1) is 12.8 Å². The number of rotatable bonds is 5. The standard InChI is InChI=1S/C20H24N2O3/c1-14-12-21-9-8-18(14)19(15-5-3-7-17(11-15)25-2)22-10-4-6-16(13-22)20(23)24/h3,5,7-9,11-12,16,19H,4,6,10,13H2,1-2H3,(H,23,24). The molecule has 25 heavy (non-hydrogen) atoms. The third-order valence-electron chi connectivity index (χ3n) is 4.94. The highest BCUT2D eigenvalue weighted by atomic mass is 16.5. The van der Waals surface area contributed by atoms with Crippen molar-refractivity contribution in [3.63, 3.8) is 0 Å². The first kappa shape index (κ1) is 17.4. The van der Waals surface area contributed by atoms with Gasteiger partial charge in [-0.25, -0.2) is 0 Å². The van der Waals surface area contributed by atoms with Crippen molar-refractivity contribution in [3.8, 4) is 5.75 Å². The fourth-order valence-corrected chi connectivity index (χ4v) is 3.63. The molecule has 1 aliphatic heterocycles. The fraction of sp³-hybridized carbons (Fsp3) is 0.400. The molecular weight excluding hydrogens is 316 g/mol. The summed E-state index contributed by atoms with van der Waals surface area (Å²) >= 11 is 0. The monoisotopic (exact) mass is 340 g/mol. The number of carboxylic acid groups (broad SMARTS) is 1. The number of likely N-dealkylation sites (tertiary alicyclic amines) is 1. The Labute approximate surface area is 148 Å². The van der Waals surface area contributed by atoms with Crippen molar-refractivity contribution in [3.05, 3.63) is 59.4 Å². The lowest BCUT2D eigenvalue weighted by Crippen LogP contribution is -2.41. The molecule has 2 unspecified atom stereocenters. The van der Waals surface area contributed by atoms with Crippen molar-refractivity contribution in [1.82, 2.24) is 9.88 Å². The van der Waals surface area contributed by atoms with Crippen molar-refractivity contribution in [2.45, 2.75) is 25.8 Å². The van der Waals surface area contributed by atoms with Crippen LogP contribution in [0.3, 0.4) is 0 Å². The van der Waals surface area contributed by atoms with Crippen LogP contribution in [0.25, 0.3) is 0 Å². The highest BCUT2D eigenvalue weighted by molar-refractivity contribution is 5.70. The fourth-order valence-electron chi connectivity index (χ4n) is 3.63. The van der Waals surface area contributed by atoms with Gasteiger partial charge in [0.25, 0.3) is 0 Å². The van der Waals surface area contributed by atoms with E-state index in [0.717, 1.165) is 41.8 Å². The number of ether oxygens (including phenoxy) is 1. The summed E-state index contributed by atoms with van der Waals surface area (Å²) in [5, 5.41) is 9.46. The Morgan fingerprint density at radius 1 is 1.40 bits per heavy atom. The van der Waals surface area contributed by atoms with Gasteiger partial charge in [0, 0.05) is 18.9 Å². The van der Waals surface area contributed by atoms with Gasteiger partial charge in [0.15, 0.2) is 0 Å². The number of hydrogen-bond donors (Lipinski definition) is 1. The van der Waals surface area contributed by atoms with Crippen molar-refractivity contribution in [1.29, 1.82) is 0 Å². The number of piperidine rings is 1. The number of hydrogen-bond acceptors (Lipinski definition) is 4. The SMILES string of the molecule is COc1cccc(C(c2ccncc2C)N2CCCC(C(=O)O)C2)c1. The number of pyridine rings is 1. The van der Waals surface area contributed by atoms with E-state index in [2.05, 4.69) is 16.0 Å². The van der Waals surface area contributed by atoms with Gasteiger partial charge in [0.1, 0.15) is 5.75 Å². The largest absolute Gasteiger partial charge is 0.497 e. The normalized spacial score (nSPS) is 19.4. The summed E-state index contributed by atoms with van der Waals surface area (Å²) in [4.78, 5) is 18.0. The zero-order chi connectivity index (χ0) is 17.8. The van der Waals surface area contributed by atoms with Gasteiger partial charge >= 0.3 is 5.97 Å². The van der Waals surface area contributed by atoms with E-state index < -0.39 is 5.97 Å². The van der Waals surface area contributed by atoms with Crippen LogP contribution in [0.4, 0.5) is 0 Å². The van der Waals surface area contributed by atoms with E-state index in [1.165, 1.54) is 0 Å². The van der Waals surface area contributed by atoms with Gasteiger partial charge in [-0.05, 0) is 61.2 Å². The zero-order valence-electron chi connectivity index (χ0n) is 14.7. The maximum Gasteiger partial charge on any atom is 0.307 e. The van der Waals surface area contributed by atoms with Crippen molar-refractivity contribution in [2.24, 2.45) is 5.92 Å². The summed E-state index contributed by atoms with van der Waals surface area (Å²) < 4.78 is 5.39. The summed E-state index contributed by atoms with van der Waals surface area (Å²) in [5.41, 5.74) is 3.38. The van der Waals surface area contributed by atoms with Crippen LogP contribution in [0.5, 0.6) is 5.75 Å². The first-order chi connectivity index (χ1) is 12.1. The van der Waals surface area contributed by atoms with Gasteiger partial charge in [0.2, 0.25) is 0 Å². The van der Waals surface area contributed by atoms with Crippen LogP contribution in [0.2, 0.25) is 0 Å². The molecule has 5 nitrogen and oxygen atoms in total. The van der Waals surface area contributed by atoms with Gasteiger partial charge < -0.3 is 9.84 Å². The molecule has 1 aliphatic rings. The van der Waals surface area contributed by atoms with E-state index >= 15 is 0 Å². The molecule has 0 radical (unpaired) electrons. The van der Waals surface area contributed by atoms with Gasteiger partial charge in [0.05, 0.1) is 19.1 Å². The van der Waals surface area contributed by atoms with E-state index in [-0.39, 0.29) is 12.0 Å². The highest BCUT2D eigenvalue weighted by Crippen LogP contribution is 2.35. The molecule has 1 aromatic heterocycles. The van der Waals surface area contributed by atoms with E-state index in [0.29, 0.717) is 6.54 Å². The Morgan fingerprint density at radius 3 is 2.96 bits per heavy atom. The third-order valence-corrected chi connectivity index (χ3v) is 4.94. The smallest absolute Gasteiger partial charge is 0.307 e. The molecule has 2 atom stereocenters. The van der Waals surface area contributed by atoms with Crippen LogP contribution in [0.1, 0.15) is 35.6 Å². The summed E-state index contributed by atoms with van der Waals surface area (Å²) in [6.45, 7) is 3.49. The highest BCUT2D eigenvalue weighted by Gasteiger charge is 2.32. The summed E-state index contributed by atoms with van der Waals surface area (Å²) in [6, 6.07) is 10.1. The maximum atomic E-state index is 11.5. The second-order valence-electron chi connectivity index (χ2n) is 6.58.